The molecule has 3 atom stereocenters. The largest absolute Gasteiger partial charge is 0.338 e. The van der Waals surface area contributed by atoms with E-state index in [1.165, 1.54) is 11.8 Å². The summed E-state index contributed by atoms with van der Waals surface area (Å²) in [4.78, 5) is 22.2. The van der Waals surface area contributed by atoms with Crippen molar-refractivity contribution in [3.63, 3.8) is 0 Å². The molecule has 3 saturated heterocycles. The molecule has 3 fully saturated rings. The highest BCUT2D eigenvalue weighted by molar-refractivity contribution is 7.88. The zero-order chi connectivity index (χ0) is 27.7. The zero-order valence-corrected chi connectivity index (χ0v) is 24.0. The Labute approximate surface area is 232 Å². The molecule has 1 aromatic carbocycles. The molecule has 0 N–H and O–H groups in total. The molecule has 3 aliphatic heterocycles. The van der Waals surface area contributed by atoms with Crippen molar-refractivity contribution in [1.82, 2.24) is 19.1 Å². The Kier molecular flexibility index (Phi) is 8.08. The van der Waals surface area contributed by atoms with Gasteiger partial charge in [-0.25, -0.2) is 17.7 Å². The van der Waals surface area contributed by atoms with E-state index in [2.05, 4.69) is 46.3 Å². The van der Waals surface area contributed by atoms with Crippen molar-refractivity contribution in [3.05, 3.63) is 64.5 Å². The minimum Gasteiger partial charge on any atom is -0.338 e. The van der Waals surface area contributed by atoms with E-state index in [1.807, 2.05) is 18.7 Å². The number of piperidine rings is 1. The van der Waals surface area contributed by atoms with E-state index in [4.69, 9.17) is 0 Å². The van der Waals surface area contributed by atoms with E-state index in [1.54, 1.807) is 10.4 Å². The smallest absolute Gasteiger partial charge is 0.255 e. The molecule has 0 saturated carbocycles. The minimum atomic E-state index is -3.13. The van der Waals surface area contributed by atoms with Crippen molar-refractivity contribution >= 4 is 15.9 Å². The monoisotopic (exact) mass is 549 g/mol. The van der Waals surface area contributed by atoms with Crippen LogP contribution in [0.4, 0.5) is 0 Å². The van der Waals surface area contributed by atoms with E-state index < -0.39 is 10.0 Å². The number of likely N-dealkylation sites (tertiary alicyclic amines) is 2. The summed E-state index contributed by atoms with van der Waals surface area (Å²) in [6.45, 7) is 9.48. The van der Waals surface area contributed by atoms with E-state index in [-0.39, 0.29) is 5.91 Å². The molecule has 0 bridgehead atoms. The maximum atomic E-state index is 13.4. The van der Waals surface area contributed by atoms with Gasteiger partial charge >= 0.3 is 0 Å². The second-order valence-corrected chi connectivity index (χ2v) is 13.7. The van der Waals surface area contributed by atoms with Crippen molar-refractivity contribution in [1.29, 1.82) is 5.26 Å². The summed E-state index contributed by atoms with van der Waals surface area (Å²) < 4.78 is 25.6. The highest BCUT2D eigenvalue weighted by Crippen LogP contribution is 2.38. The minimum absolute atomic E-state index is 0.0347. The van der Waals surface area contributed by atoms with Crippen LogP contribution in [0.3, 0.4) is 0 Å². The van der Waals surface area contributed by atoms with Gasteiger partial charge in [0.1, 0.15) is 11.8 Å². The van der Waals surface area contributed by atoms with Crippen LogP contribution in [0.25, 0.3) is 0 Å². The Morgan fingerprint density at radius 3 is 2.28 bits per heavy atom. The summed E-state index contributed by atoms with van der Waals surface area (Å²) in [5.74, 6) is 1.89. The van der Waals surface area contributed by atoms with Crippen LogP contribution >= 0.6 is 0 Å². The molecule has 1 aromatic heterocycles. The maximum Gasteiger partial charge on any atom is 0.255 e. The highest BCUT2D eigenvalue weighted by atomic mass is 32.2. The second-order valence-electron chi connectivity index (χ2n) is 11.7. The third-order valence-corrected chi connectivity index (χ3v) is 10.4. The summed E-state index contributed by atoms with van der Waals surface area (Å²) in [7, 11) is -3.13. The van der Waals surface area contributed by atoms with Gasteiger partial charge < -0.3 is 9.80 Å². The average molecular weight is 550 g/mol. The highest BCUT2D eigenvalue weighted by Gasteiger charge is 2.42. The number of rotatable bonds is 7. The van der Waals surface area contributed by atoms with E-state index in [9.17, 15) is 18.5 Å². The van der Waals surface area contributed by atoms with Crippen molar-refractivity contribution in [3.8, 4) is 6.07 Å². The first kappa shape index (κ1) is 27.8. The van der Waals surface area contributed by atoms with Crippen LogP contribution < -0.4 is 0 Å². The number of hydrogen-bond donors (Lipinski definition) is 0. The maximum absolute atomic E-state index is 13.4. The molecule has 1 amide bonds. The number of carbonyl (C=O) groups is 1. The van der Waals surface area contributed by atoms with Gasteiger partial charge in [0.15, 0.2) is 0 Å². The molecular formula is C30H39N5O3S. The average Bonchev–Trinajstić information content (AvgIpc) is 3.48. The van der Waals surface area contributed by atoms with Gasteiger partial charge in [-0.3, -0.25) is 4.79 Å². The molecule has 0 spiro atoms. The Morgan fingerprint density at radius 1 is 1.08 bits per heavy atom. The SMILES string of the molecule is Cc1cc(C#N)nc(C)c1C(=O)N1C[C@H]2CN(CCC(c3ccccc3)C3CCN(S(C)(=O)=O)CC3)C[C@H]2C1. The third kappa shape index (κ3) is 6.03. The number of benzene rings is 1. The van der Waals surface area contributed by atoms with Crippen molar-refractivity contribution in [2.24, 2.45) is 17.8 Å². The molecule has 8 nitrogen and oxygen atoms in total. The Hall–Kier alpha value is -2.80. The molecule has 1 unspecified atom stereocenters. The van der Waals surface area contributed by atoms with Crippen LogP contribution in [0.2, 0.25) is 0 Å². The molecule has 0 aliphatic carbocycles. The van der Waals surface area contributed by atoms with Crippen molar-refractivity contribution in [2.45, 2.75) is 39.0 Å². The number of hydrogen-bond acceptors (Lipinski definition) is 6. The first-order valence-corrected chi connectivity index (χ1v) is 15.9. The number of aromatic nitrogens is 1. The van der Waals surface area contributed by atoms with Crippen LogP contribution in [0.5, 0.6) is 0 Å². The summed E-state index contributed by atoms with van der Waals surface area (Å²) in [5, 5.41) is 9.18. The van der Waals surface area contributed by atoms with E-state index in [0.717, 1.165) is 57.5 Å². The van der Waals surface area contributed by atoms with Gasteiger partial charge in [0.25, 0.3) is 5.91 Å². The topological polar surface area (TPSA) is 97.6 Å². The molecule has 39 heavy (non-hydrogen) atoms. The second kappa shape index (κ2) is 11.4. The molecule has 5 rings (SSSR count). The number of amides is 1. The standard InChI is InChI=1S/C30H39N5O3S/c1-21-15-27(16-31)32-22(2)29(21)30(36)34-19-25-17-33(18-26(25)20-34)12-11-28(23-7-5-4-6-8-23)24-9-13-35(14-10-24)39(3,37)38/h4-8,15,24-26,28H,9-14,17-20H2,1-3H3/t25-,26+,28?. The number of aryl methyl sites for hydroxylation is 2. The predicted molar refractivity (Wildman–Crippen MR) is 151 cm³/mol. The van der Waals surface area contributed by atoms with Crippen molar-refractivity contribution < 1.29 is 13.2 Å². The fraction of sp³-hybridized carbons (Fsp3) is 0.567. The molecular weight excluding hydrogens is 510 g/mol. The molecule has 0 radical (unpaired) electrons. The fourth-order valence-corrected chi connectivity index (χ4v) is 7.99. The fourth-order valence-electron chi connectivity index (χ4n) is 7.12. The first-order chi connectivity index (χ1) is 18.6. The van der Waals surface area contributed by atoms with Crippen LogP contribution in [0, 0.1) is 42.9 Å². The summed E-state index contributed by atoms with van der Waals surface area (Å²) in [5.41, 5.74) is 3.79. The lowest BCUT2D eigenvalue weighted by molar-refractivity contribution is 0.0771. The predicted octanol–water partition coefficient (Wildman–Crippen LogP) is 3.42. The quantitative estimate of drug-likeness (QED) is 0.525. The van der Waals surface area contributed by atoms with Crippen LogP contribution in [-0.2, 0) is 10.0 Å². The number of carbonyl (C=O) groups excluding carboxylic acids is 1. The van der Waals surface area contributed by atoms with Gasteiger partial charge in [0.05, 0.1) is 17.5 Å². The van der Waals surface area contributed by atoms with Crippen molar-refractivity contribution in [2.75, 3.05) is 52.1 Å². The molecule has 9 heteroatoms. The number of pyridine rings is 1. The molecule has 208 valence electrons. The summed E-state index contributed by atoms with van der Waals surface area (Å²) in [6.07, 6.45) is 4.17. The number of fused-ring (bicyclic) bond motifs is 1. The molecule has 4 heterocycles. The normalized spacial score (nSPS) is 23.5. The van der Waals surface area contributed by atoms with Crippen LogP contribution in [0.15, 0.2) is 36.4 Å². The van der Waals surface area contributed by atoms with Gasteiger partial charge in [-0.15, -0.1) is 0 Å². The number of sulfonamides is 1. The third-order valence-electron chi connectivity index (χ3n) is 9.10. The number of nitriles is 1. The number of nitrogens with zero attached hydrogens (tertiary/aromatic N) is 5. The van der Waals surface area contributed by atoms with Gasteiger partial charge in [-0.05, 0) is 80.5 Å². The first-order valence-electron chi connectivity index (χ1n) is 14.0. The Morgan fingerprint density at radius 2 is 1.72 bits per heavy atom. The Balaban J connectivity index is 1.19. The Bertz CT molecular complexity index is 1310. The summed E-state index contributed by atoms with van der Waals surface area (Å²) in [6, 6.07) is 14.5. The lowest BCUT2D eigenvalue weighted by atomic mass is 9.78. The lowest BCUT2D eigenvalue weighted by Gasteiger charge is -2.36. The van der Waals surface area contributed by atoms with E-state index in [0.29, 0.717) is 53.7 Å². The van der Waals surface area contributed by atoms with Gasteiger partial charge in [0, 0.05) is 39.3 Å². The van der Waals surface area contributed by atoms with Crippen LogP contribution in [0.1, 0.15) is 58.1 Å². The van der Waals surface area contributed by atoms with Gasteiger partial charge in [-0.2, -0.15) is 5.26 Å². The van der Waals surface area contributed by atoms with Crippen LogP contribution in [-0.4, -0.2) is 85.5 Å². The molecule has 2 aromatic rings. The van der Waals surface area contributed by atoms with Gasteiger partial charge in [0.2, 0.25) is 10.0 Å². The lowest BCUT2D eigenvalue weighted by Crippen LogP contribution is -2.39. The molecule has 3 aliphatic rings. The van der Waals surface area contributed by atoms with Gasteiger partial charge in [-0.1, -0.05) is 30.3 Å². The zero-order valence-electron chi connectivity index (χ0n) is 23.2. The van der Waals surface area contributed by atoms with E-state index >= 15 is 0 Å². The summed E-state index contributed by atoms with van der Waals surface area (Å²) >= 11 is 0.